The molecule has 2 amide bonds. The molecule has 3 saturated heterocycles. The van der Waals surface area contributed by atoms with E-state index < -0.39 is 17.5 Å². The van der Waals surface area contributed by atoms with E-state index in [1.807, 2.05) is 52.0 Å². The first kappa shape index (κ1) is 24.7. The van der Waals surface area contributed by atoms with E-state index in [0.29, 0.717) is 18.5 Å². The van der Waals surface area contributed by atoms with Crippen LogP contribution in [-0.2, 0) is 14.3 Å². The molecule has 8 heteroatoms. The van der Waals surface area contributed by atoms with E-state index in [2.05, 4.69) is 22.2 Å². The van der Waals surface area contributed by atoms with Gasteiger partial charge in [0, 0.05) is 49.9 Å². The van der Waals surface area contributed by atoms with Gasteiger partial charge in [0.05, 0.1) is 6.10 Å². The van der Waals surface area contributed by atoms with Gasteiger partial charge in [-0.05, 0) is 43.1 Å². The molecule has 0 radical (unpaired) electrons. The number of benzene rings is 1. The van der Waals surface area contributed by atoms with Crippen molar-refractivity contribution in [3.8, 4) is 0 Å². The zero-order valence-electron chi connectivity index (χ0n) is 21.0. The molecule has 3 heterocycles. The van der Waals surface area contributed by atoms with Crippen molar-refractivity contribution in [3.05, 3.63) is 29.8 Å². The number of nitrogens with zero attached hydrogens (tertiary/aromatic N) is 3. The van der Waals surface area contributed by atoms with Crippen molar-refractivity contribution in [1.82, 2.24) is 15.1 Å². The Kier molecular flexibility index (Phi) is 7.01. The minimum atomic E-state index is -0.735. The Morgan fingerprint density at radius 1 is 1.15 bits per heavy atom. The Labute approximate surface area is 202 Å². The topological polar surface area (TPSA) is 82.2 Å². The van der Waals surface area contributed by atoms with Crippen LogP contribution in [0.4, 0.5) is 5.69 Å². The van der Waals surface area contributed by atoms with Crippen LogP contribution >= 0.6 is 0 Å². The lowest BCUT2D eigenvalue weighted by Crippen LogP contribution is -2.57. The molecule has 0 aliphatic carbocycles. The number of amides is 2. The molecule has 0 spiro atoms. The largest absolute Gasteiger partial charge is 0.369 e. The van der Waals surface area contributed by atoms with Crippen LogP contribution in [0.3, 0.4) is 0 Å². The number of likely N-dealkylation sites (tertiary alicyclic amines) is 1. The highest BCUT2D eigenvalue weighted by Crippen LogP contribution is 2.35. The minimum absolute atomic E-state index is 0.0529. The number of carbonyl (C=O) groups is 3. The number of hydrogen-bond acceptors (Lipinski definition) is 6. The highest BCUT2D eigenvalue weighted by atomic mass is 16.5. The summed E-state index contributed by atoms with van der Waals surface area (Å²) in [4.78, 5) is 45.7. The highest BCUT2D eigenvalue weighted by Gasteiger charge is 2.52. The monoisotopic (exact) mass is 470 g/mol. The molecule has 186 valence electrons. The molecule has 4 rings (SSSR count). The molecule has 34 heavy (non-hydrogen) atoms. The summed E-state index contributed by atoms with van der Waals surface area (Å²) in [7, 11) is 2.12. The van der Waals surface area contributed by atoms with Crippen LogP contribution in [0.15, 0.2) is 24.3 Å². The van der Waals surface area contributed by atoms with Crippen molar-refractivity contribution in [1.29, 1.82) is 0 Å². The maximum Gasteiger partial charge on any atom is 0.251 e. The SMILES string of the molecule is CCC(C)(C)C(NC(=O)c1ccc(N2CCN(C)CC2)cc1)C(=O)N1C[C@@H](C)[C@H]2OCC(=O)[C@H]21. The molecular formula is C26H38N4O4. The van der Waals surface area contributed by atoms with E-state index in [0.717, 1.165) is 31.9 Å². The van der Waals surface area contributed by atoms with E-state index in [1.54, 1.807) is 4.90 Å². The van der Waals surface area contributed by atoms with Gasteiger partial charge in [-0.1, -0.05) is 27.7 Å². The van der Waals surface area contributed by atoms with Crippen LogP contribution in [-0.4, -0.2) is 92.0 Å². The Morgan fingerprint density at radius 3 is 2.41 bits per heavy atom. The first-order valence-corrected chi connectivity index (χ1v) is 12.4. The first-order chi connectivity index (χ1) is 16.1. The summed E-state index contributed by atoms with van der Waals surface area (Å²) in [6.07, 6.45) is 0.452. The van der Waals surface area contributed by atoms with Crippen LogP contribution < -0.4 is 10.2 Å². The van der Waals surface area contributed by atoms with Crippen molar-refractivity contribution >= 4 is 23.3 Å². The van der Waals surface area contributed by atoms with Gasteiger partial charge in [0.2, 0.25) is 5.91 Å². The molecule has 1 aromatic rings. The average molecular weight is 471 g/mol. The second-order valence-corrected chi connectivity index (χ2v) is 10.7. The van der Waals surface area contributed by atoms with Gasteiger partial charge in [-0.3, -0.25) is 14.4 Å². The standard InChI is InChI=1S/C26H38N4O4/c1-6-26(3,4)23(25(33)30-15-17(2)22-21(30)20(31)16-34-22)27-24(32)18-7-9-19(10-8-18)29-13-11-28(5)12-14-29/h7-10,17,21-23H,6,11-16H2,1-5H3,(H,27,32)/t17-,21-,22-,23?/m1/s1. The summed E-state index contributed by atoms with van der Waals surface area (Å²) in [6.45, 7) is 12.5. The third-order valence-corrected chi connectivity index (χ3v) is 7.94. The minimum Gasteiger partial charge on any atom is -0.369 e. The quantitative estimate of drug-likeness (QED) is 0.683. The predicted octanol–water partition coefficient (Wildman–Crippen LogP) is 1.79. The highest BCUT2D eigenvalue weighted by molar-refractivity contribution is 5.99. The zero-order chi connectivity index (χ0) is 24.6. The summed E-state index contributed by atoms with van der Waals surface area (Å²) in [6, 6.07) is 6.32. The van der Waals surface area contributed by atoms with Crippen molar-refractivity contribution in [2.75, 3.05) is 51.3 Å². The van der Waals surface area contributed by atoms with E-state index in [-0.39, 0.29) is 36.2 Å². The number of carbonyl (C=O) groups excluding carboxylic acids is 3. The number of anilines is 1. The van der Waals surface area contributed by atoms with Crippen LogP contribution in [0, 0.1) is 11.3 Å². The number of fused-ring (bicyclic) bond motifs is 1. The summed E-state index contributed by atoms with van der Waals surface area (Å²) >= 11 is 0. The predicted molar refractivity (Wildman–Crippen MR) is 131 cm³/mol. The van der Waals surface area contributed by atoms with Crippen molar-refractivity contribution in [2.24, 2.45) is 11.3 Å². The lowest BCUT2D eigenvalue weighted by Gasteiger charge is -2.37. The van der Waals surface area contributed by atoms with Crippen molar-refractivity contribution < 1.29 is 19.1 Å². The second kappa shape index (κ2) is 9.66. The lowest BCUT2D eigenvalue weighted by molar-refractivity contribution is -0.140. The van der Waals surface area contributed by atoms with Gasteiger partial charge in [0.15, 0.2) is 5.78 Å². The number of hydrogen-bond donors (Lipinski definition) is 1. The number of ether oxygens (including phenoxy) is 1. The van der Waals surface area contributed by atoms with Gasteiger partial charge in [0.1, 0.15) is 18.7 Å². The summed E-state index contributed by atoms with van der Waals surface area (Å²) in [5.74, 6) is -0.444. The number of Topliss-reactive ketones (excluding diaryl/α,β-unsaturated/α-hetero) is 1. The Hall–Kier alpha value is -2.45. The number of likely N-dealkylation sites (N-methyl/N-ethyl adjacent to an activating group) is 1. The normalized spacial score (nSPS) is 26.5. The maximum absolute atomic E-state index is 13.7. The lowest BCUT2D eigenvalue weighted by atomic mass is 9.80. The molecule has 4 atom stereocenters. The average Bonchev–Trinajstić information content (AvgIpc) is 3.37. The molecule has 3 aliphatic rings. The molecule has 0 saturated carbocycles. The molecule has 1 N–H and O–H groups in total. The number of nitrogens with one attached hydrogen (secondary N) is 1. The van der Waals surface area contributed by atoms with Crippen molar-refractivity contribution in [2.45, 2.75) is 52.3 Å². The summed E-state index contributed by atoms with van der Waals surface area (Å²) < 4.78 is 5.65. The number of rotatable bonds is 6. The molecular weight excluding hydrogens is 432 g/mol. The molecule has 1 unspecified atom stereocenters. The first-order valence-electron chi connectivity index (χ1n) is 12.4. The van der Waals surface area contributed by atoms with Gasteiger partial charge >= 0.3 is 0 Å². The van der Waals surface area contributed by atoms with E-state index >= 15 is 0 Å². The molecule has 3 aliphatic heterocycles. The zero-order valence-corrected chi connectivity index (χ0v) is 21.0. The maximum atomic E-state index is 13.7. The smallest absolute Gasteiger partial charge is 0.251 e. The van der Waals surface area contributed by atoms with Gasteiger partial charge in [0.25, 0.3) is 5.91 Å². The van der Waals surface area contributed by atoms with Crippen molar-refractivity contribution in [3.63, 3.8) is 0 Å². The Bertz CT molecular complexity index is 923. The van der Waals surface area contributed by atoms with E-state index in [4.69, 9.17) is 4.74 Å². The Balaban J connectivity index is 1.49. The second-order valence-electron chi connectivity index (χ2n) is 10.7. The van der Waals surface area contributed by atoms with Gasteiger partial charge in [-0.25, -0.2) is 0 Å². The van der Waals surface area contributed by atoms with Gasteiger partial charge in [-0.2, -0.15) is 0 Å². The van der Waals surface area contributed by atoms with Gasteiger partial charge in [-0.15, -0.1) is 0 Å². The van der Waals surface area contributed by atoms with Crippen LogP contribution in [0.25, 0.3) is 0 Å². The van der Waals surface area contributed by atoms with E-state index in [9.17, 15) is 14.4 Å². The third kappa shape index (κ3) is 4.70. The van der Waals surface area contributed by atoms with Crippen LogP contribution in [0.1, 0.15) is 44.5 Å². The summed E-state index contributed by atoms with van der Waals surface area (Å²) in [5.41, 5.74) is 1.15. The van der Waals surface area contributed by atoms with E-state index in [1.165, 1.54) is 0 Å². The van der Waals surface area contributed by atoms with Gasteiger partial charge < -0.3 is 24.8 Å². The fraction of sp³-hybridized carbons (Fsp3) is 0.654. The number of piperazine rings is 1. The number of ketones is 1. The van der Waals surface area contributed by atoms with Crippen LogP contribution in [0.2, 0.25) is 0 Å². The molecule has 0 bridgehead atoms. The molecule has 3 fully saturated rings. The molecule has 1 aromatic carbocycles. The molecule has 0 aromatic heterocycles. The summed E-state index contributed by atoms with van der Waals surface area (Å²) in [5, 5.41) is 3.01. The fourth-order valence-electron chi connectivity index (χ4n) is 5.18. The Morgan fingerprint density at radius 2 is 1.79 bits per heavy atom. The van der Waals surface area contributed by atoms with Crippen LogP contribution in [0.5, 0.6) is 0 Å². The fourth-order valence-corrected chi connectivity index (χ4v) is 5.18. The third-order valence-electron chi connectivity index (χ3n) is 7.94. The molecule has 8 nitrogen and oxygen atoms in total.